The molecule has 3 rings (SSSR count). The summed E-state index contributed by atoms with van der Waals surface area (Å²) in [6.45, 7) is 8.08. The van der Waals surface area contributed by atoms with Gasteiger partial charge in [-0.25, -0.2) is 9.97 Å². The molecule has 1 aliphatic heterocycles. The van der Waals surface area contributed by atoms with E-state index in [1.165, 1.54) is 0 Å². The minimum absolute atomic E-state index is 0.969. The lowest BCUT2D eigenvalue weighted by atomic mass is 10.4. The molecule has 106 valence electrons. The molecule has 1 fully saturated rings. The zero-order chi connectivity index (χ0) is 13.9. The highest BCUT2D eigenvalue weighted by molar-refractivity contribution is 7.13. The normalized spacial score (nSPS) is 16.3. The third-order valence-corrected chi connectivity index (χ3v) is 4.46. The molecule has 0 aliphatic carbocycles. The number of thiazole rings is 1. The van der Waals surface area contributed by atoms with Gasteiger partial charge in [0.25, 0.3) is 0 Å². The van der Waals surface area contributed by atoms with Crippen LogP contribution in [0.5, 0.6) is 0 Å². The second-order valence-electron chi connectivity index (χ2n) is 5.12. The van der Waals surface area contributed by atoms with E-state index in [1.54, 1.807) is 17.5 Å². The first-order chi connectivity index (χ1) is 9.72. The van der Waals surface area contributed by atoms with Crippen molar-refractivity contribution in [2.24, 2.45) is 0 Å². The molecule has 0 radical (unpaired) electrons. The molecule has 0 aromatic carbocycles. The Labute approximate surface area is 123 Å². The molecule has 1 aliphatic rings. The lowest BCUT2D eigenvalue weighted by molar-refractivity contribution is 0.792. The highest BCUT2D eigenvalue weighted by atomic mass is 32.1. The van der Waals surface area contributed by atoms with Crippen LogP contribution in [0.3, 0.4) is 0 Å². The Balaban J connectivity index is 1.70. The van der Waals surface area contributed by atoms with Gasteiger partial charge in [0.15, 0.2) is 5.13 Å². The third-order valence-electron chi connectivity index (χ3n) is 3.44. The Morgan fingerprint density at radius 3 is 2.50 bits per heavy atom. The predicted molar refractivity (Wildman–Crippen MR) is 82.7 cm³/mol. The summed E-state index contributed by atoms with van der Waals surface area (Å²) < 4.78 is 0. The first-order valence-electron chi connectivity index (χ1n) is 6.93. The van der Waals surface area contributed by atoms with Gasteiger partial charge in [-0.1, -0.05) is 0 Å². The largest absolute Gasteiger partial charge is 0.353 e. The molecule has 2 aromatic rings. The van der Waals surface area contributed by atoms with Gasteiger partial charge in [0, 0.05) is 37.8 Å². The summed E-state index contributed by atoms with van der Waals surface area (Å²) in [5.41, 5.74) is 2.08. The SMILES string of the molecule is Cc1cncc(N2CCCN(c3nc(C)cs3)CC2)n1. The van der Waals surface area contributed by atoms with E-state index in [0.29, 0.717) is 0 Å². The van der Waals surface area contributed by atoms with Crippen molar-refractivity contribution < 1.29 is 0 Å². The Hall–Kier alpha value is -1.69. The quantitative estimate of drug-likeness (QED) is 0.848. The highest BCUT2D eigenvalue weighted by Gasteiger charge is 2.18. The standard InChI is InChI=1S/C14H19N5S/c1-11-8-15-9-13(16-11)18-4-3-5-19(7-6-18)14-17-12(2)10-20-14/h8-10H,3-7H2,1-2H3. The summed E-state index contributed by atoms with van der Waals surface area (Å²) in [6.07, 6.45) is 4.77. The first-order valence-corrected chi connectivity index (χ1v) is 7.81. The van der Waals surface area contributed by atoms with Crippen molar-refractivity contribution in [2.75, 3.05) is 36.0 Å². The fourth-order valence-corrected chi connectivity index (χ4v) is 3.28. The predicted octanol–water partition coefficient (Wildman–Crippen LogP) is 2.27. The molecule has 0 spiro atoms. The number of hydrogen-bond acceptors (Lipinski definition) is 6. The van der Waals surface area contributed by atoms with Crippen LogP contribution in [0.1, 0.15) is 17.8 Å². The molecule has 0 N–H and O–H groups in total. The number of rotatable bonds is 2. The maximum absolute atomic E-state index is 4.59. The minimum atomic E-state index is 0.969. The van der Waals surface area contributed by atoms with Crippen LogP contribution in [-0.4, -0.2) is 41.1 Å². The van der Waals surface area contributed by atoms with Gasteiger partial charge in [0.2, 0.25) is 0 Å². The Morgan fingerprint density at radius 2 is 1.75 bits per heavy atom. The Kier molecular flexibility index (Phi) is 3.82. The number of aryl methyl sites for hydroxylation is 2. The van der Waals surface area contributed by atoms with Crippen LogP contribution in [0, 0.1) is 13.8 Å². The molecule has 0 unspecified atom stereocenters. The average molecular weight is 289 g/mol. The second-order valence-corrected chi connectivity index (χ2v) is 5.95. The fourth-order valence-electron chi connectivity index (χ4n) is 2.43. The van der Waals surface area contributed by atoms with E-state index < -0.39 is 0 Å². The lowest BCUT2D eigenvalue weighted by Gasteiger charge is -2.22. The number of anilines is 2. The average Bonchev–Trinajstić information content (AvgIpc) is 2.73. The van der Waals surface area contributed by atoms with E-state index >= 15 is 0 Å². The van der Waals surface area contributed by atoms with Gasteiger partial charge < -0.3 is 9.80 Å². The van der Waals surface area contributed by atoms with Crippen LogP contribution >= 0.6 is 11.3 Å². The lowest BCUT2D eigenvalue weighted by Crippen LogP contribution is -2.31. The van der Waals surface area contributed by atoms with Gasteiger partial charge in [0.05, 0.1) is 17.6 Å². The summed E-state index contributed by atoms with van der Waals surface area (Å²) in [5, 5.41) is 3.25. The van der Waals surface area contributed by atoms with Crippen molar-refractivity contribution in [2.45, 2.75) is 20.3 Å². The van der Waals surface area contributed by atoms with E-state index in [4.69, 9.17) is 0 Å². The Morgan fingerprint density at radius 1 is 0.950 bits per heavy atom. The summed E-state index contributed by atoms with van der Waals surface area (Å²) in [4.78, 5) is 18.1. The van der Waals surface area contributed by atoms with Crippen molar-refractivity contribution in [1.29, 1.82) is 0 Å². The molecule has 0 bridgehead atoms. The number of hydrogen-bond donors (Lipinski definition) is 0. The summed E-state index contributed by atoms with van der Waals surface area (Å²) in [5.74, 6) is 0.988. The van der Waals surface area contributed by atoms with E-state index in [0.717, 1.165) is 54.9 Å². The monoisotopic (exact) mass is 289 g/mol. The Bertz CT molecular complexity index is 582. The van der Waals surface area contributed by atoms with Crippen LogP contribution in [-0.2, 0) is 0 Å². The topological polar surface area (TPSA) is 45.2 Å². The van der Waals surface area contributed by atoms with E-state index in [-0.39, 0.29) is 0 Å². The smallest absolute Gasteiger partial charge is 0.185 e. The third kappa shape index (κ3) is 2.90. The maximum atomic E-state index is 4.59. The molecule has 0 saturated carbocycles. The molecular formula is C14H19N5S. The molecule has 5 nitrogen and oxygen atoms in total. The summed E-state index contributed by atoms with van der Waals surface area (Å²) in [7, 11) is 0. The zero-order valence-corrected chi connectivity index (χ0v) is 12.7. The van der Waals surface area contributed by atoms with Crippen molar-refractivity contribution >= 4 is 22.3 Å². The highest BCUT2D eigenvalue weighted by Crippen LogP contribution is 2.22. The van der Waals surface area contributed by atoms with Crippen LogP contribution in [0.15, 0.2) is 17.8 Å². The van der Waals surface area contributed by atoms with E-state index in [9.17, 15) is 0 Å². The summed E-state index contributed by atoms with van der Waals surface area (Å²) >= 11 is 1.73. The molecular weight excluding hydrogens is 270 g/mol. The maximum Gasteiger partial charge on any atom is 0.185 e. The van der Waals surface area contributed by atoms with Gasteiger partial charge in [-0.3, -0.25) is 4.98 Å². The van der Waals surface area contributed by atoms with Crippen molar-refractivity contribution in [3.8, 4) is 0 Å². The molecule has 3 heterocycles. The van der Waals surface area contributed by atoms with Crippen molar-refractivity contribution in [3.05, 3.63) is 29.2 Å². The molecule has 0 amide bonds. The number of nitrogens with zero attached hydrogens (tertiary/aromatic N) is 5. The van der Waals surface area contributed by atoms with Gasteiger partial charge in [-0.2, -0.15) is 0 Å². The molecule has 20 heavy (non-hydrogen) atoms. The van der Waals surface area contributed by atoms with Crippen LogP contribution in [0.25, 0.3) is 0 Å². The van der Waals surface area contributed by atoms with Gasteiger partial charge in [-0.15, -0.1) is 11.3 Å². The molecule has 1 saturated heterocycles. The second kappa shape index (κ2) is 5.75. The van der Waals surface area contributed by atoms with Crippen LogP contribution in [0.4, 0.5) is 10.9 Å². The van der Waals surface area contributed by atoms with Gasteiger partial charge >= 0.3 is 0 Å². The number of aromatic nitrogens is 3. The fraction of sp³-hybridized carbons (Fsp3) is 0.500. The zero-order valence-electron chi connectivity index (χ0n) is 11.9. The summed E-state index contributed by atoms with van der Waals surface area (Å²) in [6, 6.07) is 0. The van der Waals surface area contributed by atoms with Crippen molar-refractivity contribution in [3.63, 3.8) is 0 Å². The van der Waals surface area contributed by atoms with E-state index in [1.807, 2.05) is 20.0 Å². The van der Waals surface area contributed by atoms with Crippen LogP contribution < -0.4 is 9.80 Å². The molecule has 6 heteroatoms. The first kappa shape index (κ1) is 13.3. The van der Waals surface area contributed by atoms with Crippen LogP contribution in [0.2, 0.25) is 0 Å². The molecule has 2 aromatic heterocycles. The van der Waals surface area contributed by atoms with E-state index in [2.05, 4.69) is 30.1 Å². The van der Waals surface area contributed by atoms with Crippen molar-refractivity contribution in [1.82, 2.24) is 15.0 Å². The minimum Gasteiger partial charge on any atom is -0.353 e. The van der Waals surface area contributed by atoms with Gasteiger partial charge in [-0.05, 0) is 20.3 Å². The molecule has 0 atom stereocenters. The van der Waals surface area contributed by atoms with Gasteiger partial charge in [0.1, 0.15) is 5.82 Å².